The molecule has 1 N–H and O–H groups in total. The molecule has 1 aliphatic carbocycles. The van der Waals surface area contributed by atoms with E-state index in [0.717, 1.165) is 19.4 Å². The molecule has 102 valence electrons. The first-order valence-corrected chi connectivity index (χ1v) is 6.78. The second-order valence-corrected chi connectivity index (χ2v) is 5.50. The maximum Gasteiger partial charge on any atom is 0.326 e. The summed E-state index contributed by atoms with van der Waals surface area (Å²) < 4.78 is 0. The van der Waals surface area contributed by atoms with Crippen molar-refractivity contribution < 1.29 is 14.7 Å². The minimum atomic E-state index is -0.953. The van der Waals surface area contributed by atoms with Gasteiger partial charge in [-0.3, -0.25) is 0 Å². The van der Waals surface area contributed by atoms with Crippen LogP contribution in [0.15, 0.2) is 0 Å². The summed E-state index contributed by atoms with van der Waals surface area (Å²) in [6, 6.07) is -0.546. The highest BCUT2D eigenvalue weighted by molar-refractivity contribution is 5.82. The highest BCUT2D eigenvalue weighted by Gasteiger charge is 2.39. The molecule has 0 bridgehead atoms. The maximum absolute atomic E-state index is 12.4. The molecule has 1 heterocycles. The van der Waals surface area contributed by atoms with Gasteiger partial charge in [-0.25, -0.2) is 9.59 Å². The van der Waals surface area contributed by atoms with Crippen molar-refractivity contribution in [2.45, 2.75) is 51.1 Å². The fourth-order valence-corrected chi connectivity index (χ4v) is 3.23. The summed E-state index contributed by atoms with van der Waals surface area (Å²) in [5.74, 6) is -0.318. The maximum atomic E-state index is 12.4. The van der Waals surface area contributed by atoms with Crippen molar-refractivity contribution in [1.29, 1.82) is 0 Å². The number of nitrogens with zero attached hydrogens (tertiary/aromatic N) is 2. The number of fused-ring (bicyclic) bond motifs is 1. The molecule has 1 aliphatic heterocycles. The Hall–Kier alpha value is -1.26. The number of rotatable bonds is 2. The first-order chi connectivity index (χ1) is 8.52. The predicted octanol–water partition coefficient (Wildman–Crippen LogP) is 1.78. The molecule has 2 rings (SSSR count). The zero-order chi connectivity index (χ0) is 13.3. The molecule has 3 unspecified atom stereocenters. The van der Waals surface area contributed by atoms with Crippen LogP contribution >= 0.6 is 0 Å². The van der Waals surface area contributed by atoms with Crippen molar-refractivity contribution in [2.24, 2.45) is 5.92 Å². The van der Waals surface area contributed by atoms with Gasteiger partial charge in [0, 0.05) is 19.6 Å². The Morgan fingerprint density at radius 3 is 2.61 bits per heavy atom. The van der Waals surface area contributed by atoms with E-state index in [0.29, 0.717) is 12.0 Å². The number of likely N-dealkylation sites (tertiary alicyclic amines) is 1. The Bertz CT molecular complexity index is 345. The average molecular weight is 254 g/mol. The fraction of sp³-hybridized carbons (Fsp3) is 0.846. The SMILES string of the molecule is CC(C(=O)O)N(C)C(=O)N1CCCC2CCCC21. The molecule has 2 fully saturated rings. The topological polar surface area (TPSA) is 60.9 Å². The highest BCUT2D eigenvalue weighted by atomic mass is 16.4. The van der Waals surface area contributed by atoms with Gasteiger partial charge in [0.1, 0.15) is 6.04 Å². The quantitative estimate of drug-likeness (QED) is 0.817. The van der Waals surface area contributed by atoms with Crippen molar-refractivity contribution in [3.63, 3.8) is 0 Å². The Labute approximate surface area is 108 Å². The van der Waals surface area contributed by atoms with Crippen LogP contribution in [0.2, 0.25) is 0 Å². The van der Waals surface area contributed by atoms with E-state index in [1.54, 1.807) is 14.0 Å². The van der Waals surface area contributed by atoms with Crippen LogP contribution in [0.4, 0.5) is 4.79 Å². The van der Waals surface area contributed by atoms with Gasteiger partial charge in [-0.2, -0.15) is 0 Å². The number of likely N-dealkylation sites (N-methyl/N-ethyl adjacent to an activating group) is 1. The molecule has 0 aromatic carbocycles. The Kier molecular flexibility index (Phi) is 3.78. The molecular weight excluding hydrogens is 232 g/mol. The van der Waals surface area contributed by atoms with E-state index in [2.05, 4.69) is 0 Å². The number of carbonyl (C=O) groups excluding carboxylic acids is 1. The molecule has 5 nitrogen and oxygen atoms in total. The summed E-state index contributed by atoms with van der Waals surface area (Å²) in [6.45, 7) is 2.33. The lowest BCUT2D eigenvalue weighted by molar-refractivity contribution is -0.141. The van der Waals surface area contributed by atoms with Crippen LogP contribution in [0.3, 0.4) is 0 Å². The number of carbonyl (C=O) groups is 2. The Morgan fingerprint density at radius 2 is 1.94 bits per heavy atom. The summed E-state index contributed by atoms with van der Waals surface area (Å²) in [7, 11) is 1.58. The zero-order valence-electron chi connectivity index (χ0n) is 11.1. The molecule has 1 saturated heterocycles. The second kappa shape index (κ2) is 5.16. The summed E-state index contributed by atoms with van der Waals surface area (Å²) in [6.07, 6.45) is 5.74. The molecule has 0 aromatic rings. The summed E-state index contributed by atoms with van der Waals surface area (Å²) in [5, 5.41) is 8.97. The molecule has 0 radical (unpaired) electrons. The van der Waals surface area contributed by atoms with Gasteiger partial charge in [0.05, 0.1) is 0 Å². The first-order valence-electron chi connectivity index (χ1n) is 6.78. The van der Waals surface area contributed by atoms with Crippen LogP contribution in [-0.4, -0.2) is 52.6 Å². The van der Waals surface area contributed by atoms with E-state index in [1.165, 1.54) is 24.2 Å². The van der Waals surface area contributed by atoms with Crippen molar-refractivity contribution in [3.05, 3.63) is 0 Å². The van der Waals surface area contributed by atoms with Crippen LogP contribution in [0.1, 0.15) is 39.0 Å². The second-order valence-electron chi connectivity index (χ2n) is 5.50. The van der Waals surface area contributed by atoms with E-state index in [-0.39, 0.29) is 6.03 Å². The molecule has 1 saturated carbocycles. The normalized spacial score (nSPS) is 28.7. The number of urea groups is 1. The van der Waals surface area contributed by atoms with Crippen LogP contribution in [0, 0.1) is 5.92 Å². The lowest BCUT2D eigenvalue weighted by Gasteiger charge is -2.40. The summed E-state index contributed by atoms with van der Waals surface area (Å²) in [4.78, 5) is 26.6. The lowest BCUT2D eigenvalue weighted by atomic mass is 9.92. The molecule has 0 spiro atoms. The molecule has 2 amide bonds. The molecule has 2 aliphatic rings. The van der Waals surface area contributed by atoms with E-state index in [4.69, 9.17) is 5.11 Å². The summed E-state index contributed by atoms with van der Waals surface area (Å²) >= 11 is 0. The number of amides is 2. The number of aliphatic carboxylic acids is 1. The largest absolute Gasteiger partial charge is 0.480 e. The Balaban J connectivity index is 2.05. The first kappa shape index (κ1) is 13.2. The van der Waals surface area contributed by atoms with Crippen molar-refractivity contribution in [2.75, 3.05) is 13.6 Å². The Morgan fingerprint density at radius 1 is 1.28 bits per heavy atom. The minimum Gasteiger partial charge on any atom is -0.480 e. The van der Waals surface area contributed by atoms with Crippen molar-refractivity contribution in [1.82, 2.24) is 9.80 Å². The van der Waals surface area contributed by atoms with Gasteiger partial charge in [-0.05, 0) is 38.5 Å². The molecule has 18 heavy (non-hydrogen) atoms. The van der Waals surface area contributed by atoms with Crippen LogP contribution in [-0.2, 0) is 4.79 Å². The predicted molar refractivity (Wildman–Crippen MR) is 67.3 cm³/mol. The number of carboxylic acids is 1. The van der Waals surface area contributed by atoms with Gasteiger partial charge in [0.2, 0.25) is 0 Å². The standard InChI is InChI=1S/C13H22N2O3/c1-9(12(16)17)14(2)13(18)15-8-4-6-10-5-3-7-11(10)15/h9-11H,3-8H2,1-2H3,(H,16,17). The average Bonchev–Trinajstić information content (AvgIpc) is 2.83. The fourth-order valence-electron chi connectivity index (χ4n) is 3.23. The number of hydrogen-bond acceptors (Lipinski definition) is 2. The number of hydrogen-bond donors (Lipinski definition) is 1. The molecule has 0 aromatic heterocycles. The molecule has 5 heteroatoms. The van der Waals surface area contributed by atoms with Crippen molar-refractivity contribution in [3.8, 4) is 0 Å². The summed E-state index contributed by atoms with van der Waals surface area (Å²) in [5.41, 5.74) is 0. The van der Waals surface area contributed by atoms with Crippen LogP contribution in [0.25, 0.3) is 0 Å². The number of piperidine rings is 1. The van der Waals surface area contributed by atoms with E-state index < -0.39 is 12.0 Å². The van der Waals surface area contributed by atoms with E-state index in [1.807, 2.05) is 4.90 Å². The van der Waals surface area contributed by atoms with Gasteiger partial charge in [-0.15, -0.1) is 0 Å². The van der Waals surface area contributed by atoms with Gasteiger partial charge < -0.3 is 14.9 Å². The van der Waals surface area contributed by atoms with Crippen LogP contribution < -0.4 is 0 Å². The third-order valence-electron chi connectivity index (χ3n) is 4.48. The zero-order valence-corrected chi connectivity index (χ0v) is 11.1. The minimum absolute atomic E-state index is 0.124. The smallest absolute Gasteiger partial charge is 0.326 e. The highest BCUT2D eigenvalue weighted by Crippen LogP contribution is 2.37. The van der Waals surface area contributed by atoms with Crippen LogP contribution in [0.5, 0.6) is 0 Å². The van der Waals surface area contributed by atoms with Gasteiger partial charge in [0.25, 0.3) is 0 Å². The molecular formula is C13H22N2O3. The number of carboxylic acid groups (broad SMARTS) is 1. The van der Waals surface area contributed by atoms with Gasteiger partial charge >= 0.3 is 12.0 Å². The van der Waals surface area contributed by atoms with Crippen molar-refractivity contribution >= 4 is 12.0 Å². The monoisotopic (exact) mass is 254 g/mol. The third kappa shape index (κ3) is 2.31. The molecule has 3 atom stereocenters. The lowest BCUT2D eigenvalue weighted by Crippen LogP contribution is -2.54. The van der Waals surface area contributed by atoms with E-state index in [9.17, 15) is 9.59 Å². The third-order valence-corrected chi connectivity index (χ3v) is 4.48. The van der Waals surface area contributed by atoms with E-state index >= 15 is 0 Å². The van der Waals surface area contributed by atoms with Gasteiger partial charge in [-0.1, -0.05) is 6.42 Å². The van der Waals surface area contributed by atoms with Gasteiger partial charge in [0.15, 0.2) is 0 Å².